The van der Waals surface area contributed by atoms with Crippen molar-refractivity contribution in [1.82, 2.24) is 5.32 Å². The van der Waals surface area contributed by atoms with Crippen molar-refractivity contribution < 1.29 is 9.47 Å². The quantitative estimate of drug-likeness (QED) is 0.730. The van der Waals surface area contributed by atoms with E-state index in [0.29, 0.717) is 6.04 Å². The lowest BCUT2D eigenvalue weighted by Crippen LogP contribution is -2.31. The van der Waals surface area contributed by atoms with E-state index in [9.17, 15) is 0 Å². The van der Waals surface area contributed by atoms with Crippen molar-refractivity contribution in [3.63, 3.8) is 0 Å². The Labute approximate surface area is 123 Å². The summed E-state index contributed by atoms with van der Waals surface area (Å²) in [5.74, 6) is 1.71. The molecule has 20 heavy (non-hydrogen) atoms. The van der Waals surface area contributed by atoms with Crippen LogP contribution in [0.3, 0.4) is 0 Å². The Morgan fingerprint density at radius 2 is 1.90 bits per heavy atom. The first-order valence-electron chi connectivity index (χ1n) is 7.64. The minimum Gasteiger partial charge on any atom is -0.497 e. The van der Waals surface area contributed by atoms with Gasteiger partial charge in [0.15, 0.2) is 0 Å². The van der Waals surface area contributed by atoms with Crippen LogP contribution in [0, 0.1) is 0 Å². The van der Waals surface area contributed by atoms with Crippen LogP contribution in [0.2, 0.25) is 0 Å². The molecule has 0 saturated carbocycles. The molecular formula is C17H29NO2. The van der Waals surface area contributed by atoms with E-state index in [1.165, 1.54) is 24.8 Å². The smallest absolute Gasteiger partial charge is 0.127 e. The lowest BCUT2D eigenvalue weighted by molar-refractivity contribution is 0.372. The lowest BCUT2D eigenvalue weighted by atomic mass is 10.0. The van der Waals surface area contributed by atoms with Gasteiger partial charge in [-0.2, -0.15) is 0 Å². The van der Waals surface area contributed by atoms with E-state index >= 15 is 0 Å². The zero-order valence-electron chi connectivity index (χ0n) is 13.5. The van der Waals surface area contributed by atoms with Gasteiger partial charge in [0.2, 0.25) is 0 Å². The minimum atomic E-state index is 0.276. The van der Waals surface area contributed by atoms with Crippen LogP contribution in [0.1, 0.15) is 58.1 Å². The first kappa shape index (κ1) is 16.8. The highest BCUT2D eigenvalue weighted by molar-refractivity contribution is 5.42. The van der Waals surface area contributed by atoms with Crippen molar-refractivity contribution in [1.29, 1.82) is 0 Å². The third-order valence-electron chi connectivity index (χ3n) is 3.79. The van der Waals surface area contributed by atoms with Crippen molar-refractivity contribution in [2.45, 2.75) is 58.5 Å². The van der Waals surface area contributed by atoms with Gasteiger partial charge in [-0.1, -0.05) is 32.8 Å². The fraction of sp³-hybridized carbons (Fsp3) is 0.647. The standard InChI is InChI=1S/C17H29NO2/c1-6-8-9-14(7-2)18-13(3)16-11-10-15(19-4)12-17(16)20-5/h10-14,18H,6-9H2,1-5H3. The fourth-order valence-corrected chi connectivity index (χ4v) is 2.48. The van der Waals surface area contributed by atoms with Gasteiger partial charge in [-0.15, -0.1) is 0 Å². The van der Waals surface area contributed by atoms with Gasteiger partial charge in [0, 0.05) is 23.7 Å². The molecule has 1 N–H and O–H groups in total. The Kier molecular flexibility index (Phi) is 7.45. The summed E-state index contributed by atoms with van der Waals surface area (Å²) in [5, 5.41) is 3.71. The molecule has 0 aliphatic carbocycles. The molecule has 0 aliphatic heterocycles. The van der Waals surface area contributed by atoms with Crippen molar-refractivity contribution >= 4 is 0 Å². The largest absolute Gasteiger partial charge is 0.497 e. The van der Waals surface area contributed by atoms with Crippen LogP contribution in [-0.2, 0) is 0 Å². The number of hydrogen-bond donors (Lipinski definition) is 1. The maximum atomic E-state index is 5.49. The second kappa shape index (κ2) is 8.85. The van der Waals surface area contributed by atoms with Gasteiger partial charge in [-0.25, -0.2) is 0 Å². The van der Waals surface area contributed by atoms with Crippen LogP contribution >= 0.6 is 0 Å². The summed E-state index contributed by atoms with van der Waals surface area (Å²) in [6, 6.07) is 6.86. The van der Waals surface area contributed by atoms with Crippen molar-refractivity contribution in [3.05, 3.63) is 23.8 Å². The highest BCUT2D eigenvalue weighted by Crippen LogP contribution is 2.29. The molecule has 0 bridgehead atoms. The van der Waals surface area contributed by atoms with Gasteiger partial charge < -0.3 is 14.8 Å². The second-order valence-electron chi connectivity index (χ2n) is 5.24. The molecule has 3 heteroatoms. The summed E-state index contributed by atoms with van der Waals surface area (Å²) >= 11 is 0. The number of benzene rings is 1. The Morgan fingerprint density at radius 1 is 1.15 bits per heavy atom. The SMILES string of the molecule is CCCCC(CC)NC(C)c1ccc(OC)cc1OC. The number of nitrogens with one attached hydrogen (secondary N) is 1. The van der Waals surface area contributed by atoms with E-state index in [2.05, 4.69) is 32.2 Å². The van der Waals surface area contributed by atoms with Crippen LogP contribution in [0.4, 0.5) is 0 Å². The average Bonchev–Trinajstić information content (AvgIpc) is 2.50. The topological polar surface area (TPSA) is 30.5 Å². The van der Waals surface area contributed by atoms with E-state index in [0.717, 1.165) is 17.9 Å². The van der Waals surface area contributed by atoms with Crippen LogP contribution < -0.4 is 14.8 Å². The first-order chi connectivity index (χ1) is 9.65. The van der Waals surface area contributed by atoms with Crippen molar-refractivity contribution in [2.75, 3.05) is 14.2 Å². The molecule has 0 saturated heterocycles. The predicted octanol–water partition coefficient (Wildman–Crippen LogP) is 4.32. The molecule has 0 fully saturated rings. The summed E-state index contributed by atoms with van der Waals surface area (Å²) in [6.07, 6.45) is 4.91. The molecule has 0 spiro atoms. The summed E-state index contributed by atoms with van der Waals surface area (Å²) < 4.78 is 10.7. The molecular weight excluding hydrogens is 250 g/mol. The molecule has 1 rings (SSSR count). The predicted molar refractivity (Wildman–Crippen MR) is 84.7 cm³/mol. The fourth-order valence-electron chi connectivity index (χ4n) is 2.48. The van der Waals surface area contributed by atoms with E-state index in [-0.39, 0.29) is 6.04 Å². The molecule has 1 aromatic rings. The summed E-state index contributed by atoms with van der Waals surface area (Å²) in [6.45, 7) is 6.67. The number of hydrogen-bond acceptors (Lipinski definition) is 3. The Morgan fingerprint density at radius 3 is 2.45 bits per heavy atom. The van der Waals surface area contributed by atoms with Crippen LogP contribution in [0.25, 0.3) is 0 Å². The second-order valence-corrected chi connectivity index (χ2v) is 5.24. The monoisotopic (exact) mass is 279 g/mol. The van der Waals surface area contributed by atoms with Gasteiger partial charge in [0.1, 0.15) is 11.5 Å². The van der Waals surface area contributed by atoms with Crippen LogP contribution in [0.15, 0.2) is 18.2 Å². The molecule has 3 nitrogen and oxygen atoms in total. The van der Waals surface area contributed by atoms with Crippen LogP contribution in [-0.4, -0.2) is 20.3 Å². The zero-order valence-corrected chi connectivity index (χ0v) is 13.5. The number of unbranched alkanes of at least 4 members (excludes halogenated alkanes) is 1. The van der Waals surface area contributed by atoms with Gasteiger partial charge in [-0.3, -0.25) is 0 Å². The molecule has 0 amide bonds. The molecule has 1 aromatic carbocycles. The summed E-state index contributed by atoms with van der Waals surface area (Å²) in [4.78, 5) is 0. The van der Waals surface area contributed by atoms with Gasteiger partial charge in [0.25, 0.3) is 0 Å². The number of rotatable bonds is 9. The van der Waals surface area contributed by atoms with E-state index in [1.807, 2.05) is 12.1 Å². The Hall–Kier alpha value is -1.22. The number of ether oxygens (including phenoxy) is 2. The lowest BCUT2D eigenvalue weighted by Gasteiger charge is -2.24. The maximum Gasteiger partial charge on any atom is 0.127 e. The Balaban J connectivity index is 2.77. The molecule has 114 valence electrons. The van der Waals surface area contributed by atoms with Crippen molar-refractivity contribution in [2.24, 2.45) is 0 Å². The van der Waals surface area contributed by atoms with Crippen molar-refractivity contribution in [3.8, 4) is 11.5 Å². The molecule has 0 aliphatic rings. The first-order valence-corrected chi connectivity index (χ1v) is 7.64. The molecule has 0 heterocycles. The maximum absolute atomic E-state index is 5.49. The zero-order chi connectivity index (χ0) is 15.0. The highest BCUT2D eigenvalue weighted by atomic mass is 16.5. The van der Waals surface area contributed by atoms with Gasteiger partial charge in [0.05, 0.1) is 14.2 Å². The minimum absolute atomic E-state index is 0.276. The third kappa shape index (κ3) is 4.71. The van der Waals surface area contributed by atoms with E-state index < -0.39 is 0 Å². The summed E-state index contributed by atoms with van der Waals surface area (Å²) in [5.41, 5.74) is 1.18. The summed E-state index contributed by atoms with van der Waals surface area (Å²) in [7, 11) is 3.38. The molecule has 0 radical (unpaired) electrons. The van der Waals surface area contributed by atoms with Crippen LogP contribution in [0.5, 0.6) is 11.5 Å². The average molecular weight is 279 g/mol. The molecule has 2 atom stereocenters. The third-order valence-corrected chi connectivity index (χ3v) is 3.79. The van der Waals surface area contributed by atoms with Gasteiger partial charge >= 0.3 is 0 Å². The van der Waals surface area contributed by atoms with Gasteiger partial charge in [-0.05, 0) is 25.8 Å². The van der Waals surface area contributed by atoms with E-state index in [1.54, 1.807) is 14.2 Å². The highest BCUT2D eigenvalue weighted by Gasteiger charge is 2.15. The van der Waals surface area contributed by atoms with E-state index in [4.69, 9.17) is 9.47 Å². The normalized spacial score (nSPS) is 13.8. The molecule has 2 unspecified atom stereocenters. The molecule has 0 aromatic heterocycles. The Bertz CT molecular complexity index is 393. The number of methoxy groups -OCH3 is 2.